The molecule has 0 aromatic heterocycles. The molecular weight excluding hydrogens is 552 g/mol. The number of hydrogen-bond donors (Lipinski definition) is 1. The lowest BCUT2D eigenvalue weighted by atomic mass is 10.0. The molecule has 1 aliphatic rings. The third-order valence-corrected chi connectivity index (χ3v) is 6.58. The largest absolute Gasteiger partial charge is 0.382 e. The molecule has 1 atom stereocenters. The molecule has 10 nitrogen and oxygen atoms in total. The zero-order valence-electron chi connectivity index (χ0n) is 25.3. The Morgan fingerprint density at radius 2 is 1.44 bits per heavy atom. The molecule has 3 rings (SSSR count). The fourth-order valence-corrected chi connectivity index (χ4v) is 4.29. The minimum atomic E-state index is -0.241. The van der Waals surface area contributed by atoms with Gasteiger partial charge in [0, 0.05) is 51.3 Å². The minimum Gasteiger partial charge on any atom is -0.382 e. The van der Waals surface area contributed by atoms with Crippen molar-refractivity contribution < 1.29 is 38.0 Å². The number of para-hydroxylation sites is 1. The van der Waals surface area contributed by atoms with Crippen molar-refractivity contribution in [1.82, 2.24) is 5.32 Å². The van der Waals surface area contributed by atoms with E-state index < -0.39 is 0 Å². The van der Waals surface area contributed by atoms with E-state index in [1.54, 1.807) is 19.1 Å². The number of methoxy groups -OCH3 is 2. The van der Waals surface area contributed by atoms with E-state index in [1.807, 2.05) is 48.5 Å². The molecule has 2 aromatic rings. The van der Waals surface area contributed by atoms with Gasteiger partial charge in [0.15, 0.2) is 0 Å². The highest BCUT2D eigenvalue weighted by Gasteiger charge is 2.21. The highest BCUT2D eigenvalue weighted by atomic mass is 16.6. The molecule has 43 heavy (non-hydrogen) atoms. The molecule has 0 aliphatic carbocycles. The number of hydrogen-bond acceptors (Lipinski definition) is 8. The molecule has 10 heteroatoms. The zero-order chi connectivity index (χ0) is 30.5. The maximum Gasteiger partial charge on any atom is 0.227 e. The van der Waals surface area contributed by atoms with Gasteiger partial charge in [-0.3, -0.25) is 9.59 Å². The number of carbonyl (C=O) groups excluding carboxylic acids is 2. The molecule has 1 N–H and O–H groups in total. The number of carbonyl (C=O) groups is 2. The molecule has 0 bridgehead atoms. The molecule has 0 radical (unpaired) electrons. The predicted molar refractivity (Wildman–Crippen MR) is 163 cm³/mol. The number of nitrogens with zero attached hydrogens (tertiary/aromatic N) is 1. The normalized spacial score (nSPS) is 12.7. The lowest BCUT2D eigenvalue weighted by Crippen LogP contribution is -2.33. The van der Waals surface area contributed by atoms with Gasteiger partial charge in [-0.25, -0.2) is 0 Å². The van der Waals surface area contributed by atoms with Crippen LogP contribution in [-0.4, -0.2) is 98.1 Å². The van der Waals surface area contributed by atoms with E-state index in [9.17, 15) is 9.59 Å². The molecule has 2 amide bonds. The van der Waals surface area contributed by atoms with Crippen molar-refractivity contribution in [3.8, 4) is 11.8 Å². The number of ether oxygens (including phenoxy) is 6. The summed E-state index contributed by atoms with van der Waals surface area (Å²) in [5.74, 6) is 6.12. The van der Waals surface area contributed by atoms with Crippen LogP contribution in [0.15, 0.2) is 48.5 Å². The number of rotatable bonds is 21. The van der Waals surface area contributed by atoms with Crippen molar-refractivity contribution in [2.75, 3.05) is 85.1 Å². The van der Waals surface area contributed by atoms with Crippen LogP contribution in [-0.2, 0) is 44.6 Å². The van der Waals surface area contributed by atoms with E-state index in [1.165, 1.54) is 0 Å². The standard InChI is InChI=1S/C33H44N2O8/c1-38-18-20-40-22-23-43-30(26-42-21-19-39-2)25-41-17-7-16-34-32(36)14-15-33(37)35-24-29-10-4-3-8-27(29)12-13-28-9-5-6-11-31(28)35/h3-6,8-11,30H,7,14-26H2,1-2H3,(H,34,36). The summed E-state index contributed by atoms with van der Waals surface area (Å²) in [4.78, 5) is 27.5. The van der Waals surface area contributed by atoms with E-state index in [4.69, 9.17) is 28.4 Å². The van der Waals surface area contributed by atoms with Gasteiger partial charge < -0.3 is 38.6 Å². The van der Waals surface area contributed by atoms with Crippen LogP contribution in [0.25, 0.3) is 0 Å². The van der Waals surface area contributed by atoms with Gasteiger partial charge in [0.25, 0.3) is 0 Å². The Labute approximate surface area is 254 Å². The van der Waals surface area contributed by atoms with Gasteiger partial charge in [0.05, 0.1) is 65.1 Å². The Kier molecular flexibility index (Phi) is 16.4. The molecule has 0 saturated heterocycles. The van der Waals surface area contributed by atoms with Crippen LogP contribution < -0.4 is 10.2 Å². The van der Waals surface area contributed by atoms with Crippen LogP contribution in [0, 0.1) is 11.8 Å². The zero-order valence-corrected chi connectivity index (χ0v) is 25.3. The number of amides is 2. The first-order valence-electron chi connectivity index (χ1n) is 14.7. The quantitative estimate of drug-likeness (QED) is 0.173. The van der Waals surface area contributed by atoms with Gasteiger partial charge in [-0.1, -0.05) is 42.2 Å². The summed E-state index contributed by atoms with van der Waals surface area (Å²) in [5.41, 5.74) is 3.43. The van der Waals surface area contributed by atoms with Gasteiger partial charge in [-0.05, 0) is 30.2 Å². The summed E-state index contributed by atoms with van der Waals surface area (Å²) in [7, 11) is 3.25. The maximum atomic E-state index is 13.3. The van der Waals surface area contributed by atoms with Gasteiger partial charge in [-0.15, -0.1) is 0 Å². The third-order valence-electron chi connectivity index (χ3n) is 6.58. The van der Waals surface area contributed by atoms with Crippen molar-refractivity contribution in [3.05, 3.63) is 65.2 Å². The van der Waals surface area contributed by atoms with Crippen molar-refractivity contribution >= 4 is 17.5 Å². The SMILES string of the molecule is COCCOCCOC(COCCCNC(=O)CCC(=O)N1Cc2ccccc2C#Cc2ccccc21)COCCOC. The summed E-state index contributed by atoms with van der Waals surface area (Å²) >= 11 is 0. The minimum absolute atomic E-state index is 0.101. The lowest BCUT2D eigenvalue weighted by molar-refractivity contribution is -0.125. The van der Waals surface area contributed by atoms with E-state index in [0.717, 1.165) is 22.4 Å². The van der Waals surface area contributed by atoms with Crippen LogP contribution >= 0.6 is 0 Å². The molecule has 1 heterocycles. The highest BCUT2D eigenvalue weighted by Crippen LogP contribution is 2.26. The molecular formula is C33H44N2O8. The van der Waals surface area contributed by atoms with Gasteiger partial charge in [-0.2, -0.15) is 0 Å². The Morgan fingerprint density at radius 1 is 0.791 bits per heavy atom. The maximum absolute atomic E-state index is 13.3. The van der Waals surface area contributed by atoms with Crippen LogP contribution in [0.2, 0.25) is 0 Å². The number of nitrogens with one attached hydrogen (secondary N) is 1. The van der Waals surface area contributed by atoms with Gasteiger partial charge in [0.1, 0.15) is 6.10 Å². The fourth-order valence-electron chi connectivity index (χ4n) is 4.29. The molecule has 0 fully saturated rings. The second kappa shape index (κ2) is 20.6. The van der Waals surface area contributed by atoms with E-state index in [2.05, 4.69) is 17.2 Å². The number of benzene rings is 2. The first-order chi connectivity index (χ1) is 21.1. The highest BCUT2D eigenvalue weighted by molar-refractivity contribution is 5.96. The Hall–Kier alpha value is -3.30. The second-order valence-electron chi connectivity index (χ2n) is 9.85. The van der Waals surface area contributed by atoms with E-state index >= 15 is 0 Å². The third kappa shape index (κ3) is 12.8. The van der Waals surface area contributed by atoms with Crippen molar-refractivity contribution in [3.63, 3.8) is 0 Å². The molecule has 1 unspecified atom stereocenters. The number of fused-ring (bicyclic) bond motifs is 2. The average molecular weight is 597 g/mol. The van der Waals surface area contributed by atoms with Crippen LogP contribution in [0.4, 0.5) is 5.69 Å². The average Bonchev–Trinajstić information content (AvgIpc) is 3.02. The topological polar surface area (TPSA) is 105 Å². The second-order valence-corrected chi connectivity index (χ2v) is 9.85. The molecule has 0 saturated carbocycles. The smallest absolute Gasteiger partial charge is 0.227 e. The first kappa shape index (κ1) is 34.2. The summed E-state index contributed by atoms with van der Waals surface area (Å²) in [6, 6.07) is 15.4. The molecule has 234 valence electrons. The lowest BCUT2D eigenvalue weighted by Gasteiger charge is -2.26. The molecule has 0 spiro atoms. The van der Waals surface area contributed by atoms with Crippen LogP contribution in [0.3, 0.4) is 0 Å². The van der Waals surface area contributed by atoms with Crippen LogP contribution in [0.5, 0.6) is 0 Å². The Bertz CT molecular complexity index is 1180. The summed E-state index contributed by atoms with van der Waals surface area (Å²) in [5, 5.41) is 2.88. The van der Waals surface area contributed by atoms with Crippen LogP contribution in [0.1, 0.15) is 36.0 Å². The molecule has 2 aromatic carbocycles. The van der Waals surface area contributed by atoms with E-state index in [0.29, 0.717) is 79.0 Å². The van der Waals surface area contributed by atoms with Crippen molar-refractivity contribution in [1.29, 1.82) is 0 Å². The van der Waals surface area contributed by atoms with E-state index in [-0.39, 0.29) is 30.8 Å². The summed E-state index contributed by atoms with van der Waals surface area (Å²) < 4.78 is 32.6. The fraction of sp³-hybridized carbons (Fsp3) is 0.515. The Balaban J connectivity index is 1.36. The van der Waals surface area contributed by atoms with Gasteiger partial charge >= 0.3 is 0 Å². The molecule has 1 aliphatic heterocycles. The summed E-state index contributed by atoms with van der Waals surface area (Å²) in [6.07, 6.45) is 0.595. The van der Waals surface area contributed by atoms with Crippen molar-refractivity contribution in [2.45, 2.75) is 31.9 Å². The van der Waals surface area contributed by atoms with Gasteiger partial charge in [0.2, 0.25) is 11.8 Å². The monoisotopic (exact) mass is 596 g/mol. The van der Waals surface area contributed by atoms with Crippen molar-refractivity contribution in [2.24, 2.45) is 0 Å². The Morgan fingerprint density at radius 3 is 2.23 bits per heavy atom. The number of anilines is 1. The first-order valence-corrected chi connectivity index (χ1v) is 14.7. The predicted octanol–water partition coefficient (Wildman–Crippen LogP) is 2.95. The summed E-state index contributed by atoms with van der Waals surface area (Å²) in [6.45, 7) is 4.96.